The topological polar surface area (TPSA) is 59.9 Å². The van der Waals surface area contributed by atoms with Gasteiger partial charge in [0.05, 0.1) is 10.5 Å². The maximum absolute atomic E-state index is 13.2. The van der Waals surface area contributed by atoms with E-state index in [2.05, 4.69) is 46.5 Å². The lowest BCUT2D eigenvalue weighted by molar-refractivity contribution is -0.123. The molecule has 5 rings (SSSR count). The second-order valence-electron chi connectivity index (χ2n) is 11.9. The minimum Gasteiger partial charge on any atom is -0.298 e. The number of hydrogen-bond donors (Lipinski definition) is 0. The van der Waals surface area contributed by atoms with E-state index < -0.39 is 0 Å². The van der Waals surface area contributed by atoms with Gasteiger partial charge in [0.1, 0.15) is 16.6 Å². The predicted molar refractivity (Wildman–Crippen MR) is 125 cm³/mol. The zero-order valence-electron chi connectivity index (χ0n) is 19.7. The van der Waals surface area contributed by atoms with Crippen molar-refractivity contribution in [1.29, 1.82) is 0 Å². The Morgan fingerprint density at radius 3 is 1.74 bits per heavy atom. The van der Waals surface area contributed by atoms with Gasteiger partial charge in [-0.15, -0.1) is 0 Å². The average Bonchev–Trinajstić information content (AvgIpc) is 3.14. The minimum atomic E-state index is -0.0820. The zero-order valence-corrected chi connectivity index (χ0v) is 21.4. The molecular formula is C25H34N2O2S2. The third-order valence-electron chi connectivity index (χ3n) is 10.2. The Hall–Kier alpha value is -0.880. The molecule has 0 aliphatic heterocycles. The fourth-order valence-electron chi connectivity index (χ4n) is 7.21. The summed E-state index contributed by atoms with van der Waals surface area (Å²) >= 11 is 3.18. The van der Waals surface area contributed by atoms with Gasteiger partial charge in [-0.3, -0.25) is 9.59 Å². The molecule has 0 saturated heterocycles. The number of carbonyl (C=O) groups is 2. The summed E-state index contributed by atoms with van der Waals surface area (Å²) in [7, 11) is 0. The van der Waals surface area contributed by atoms with Crippen LogP contribution < -0.4 is 0 Å². The first-order valence-corrected chi connectivity index (χ1v) is 13.4. The van der Waals surface area contributed by atoms with Gasteiger partial charge in [0.15, 0.2) is 5.16 Å². The summed E-state index contributed by atoms with van der Waals surface area (Å²) in [6, 6.07) is 2.00. The number of carbonyl (C=O) groups excluding carboxylic acids is 2. The lowest BCUT2D eigenvalue weighted by Crippen LogP contribution is -2.36. The monoisotopic (exact) mass is 458 g/mol. The van der Waals surface area contributed by atoms with E-state index in [9.17, 15) is 9.59 Å². The smallest absolute Gasteiger partial charge is 0.189 e. The van der Waals surface area contributed by atoms with Crippen LogP contribution in [0.3, 0.4) is 0 Å². The van der Waals surface area contributed by atoms with Crippen LogP contribution in [0.25, 0.3) is 0 Å². The van der Waals surface area contributed by atoms with Crippen LogP contribution in [0.2, 0.25) is 0 Å². The summed E-state index contributed by atoms with van der Waals surface area (Å²) in [5.41, 5.74) is 0.956. The summed E-state index contributed by atoms with van der Waals surface area (Å²) < 4.78 is 0. The zero-order chi connectivity index (χ0) is 22.6. The van der Waals surface area contributed by atoms with Gasteiger partial charge < -0.3 is 0 Å². The van der Waals surface area contributed by atoms with Crippen LogP contribution in [-0.2, 0) is 9.59 Å². The Kier molecular flexibility index (Phi) is 4.66. The van der Waals surface area contributed by atoms with Crippen molar-refractivity contribution < 1.29 is 9.59 Å². The fraction of sp³-hybridized carbons (Fsp3) is 0.760. The van der Waals surface area contributed by atoms with Crippen LogP contribution in [0, 0.1) is 40.4 Å². The number of aromatic nitrogens is 2. The highest BCUT2D eigenvalue weighted by atomic mass is 32.2. The lowest BCUT2D eigenvalue weighted by atomic mass is 9.71. The quantitative estimate of drug-likeness (QED) is 0.422. The van der Waals surface area contributed by atoms with Crippen molar-refractivity contribution in [3.8, 4) is 0 Å². The van der Waals surface area contributed by atoms with Crippen molar-refractivity contribution >= 4 is 35.1 Å². The van der Waals surface area contributed by atoms with Crippen molar-refractivity contribution in [3.63, 3.8) is 0 Å². The van der Waals surface area contributed by atoms with Gasteiger partial charge in [0, 0.05) is 17.5 Å². The first kappa shape index (κ1) is 21.9. The van der Waals surface area contributed by atoms with Crippen molar-refractivity contribution in [2.45, 2.75) is 94.8 Å². The van der Waals surface area contributed by atoms with Crippen molar-refractivity contribution in [2.24, 2.45) is 33.5 Å². The van der Waals surface area contributed by atoms with Gasteiger partial charge in [-0.05, 0) is 60.3 Å². The van der Waals surface area contributed by atoms with E-state index in [1.807, 2.05) is 13.0 Å². The van der Waals surface area contributed by atoms with E-state index in [0.29, 0.717) is 16.7 Å². The molecule has 1 heterocycles. The molecule has 1 aromatic heterocycles. The van der Waals surface area contributed by atoms with E-state index in [4.69, 9.17) is 4.98 Å². The van der Waals surface area contributed by atoms with Gasteiger partial charge in [0.2, 0.25) is 0 Å². The largest absolute Gasteiger partial charge is 0.298 e. The molecule has 4 fully saturated rings. The number of nitrogens with zero attached hydrogens (tertiary/aromatic N) is 2. The highest BCUT2D eigenvalue weighted by Gasteiger charge is 2.67. The molecule has 0 radical (unpaired) electrons. The Labute approximate surface area is 194 Å². The van der Waals surface area contributed by atoms with Crippen molar-refractivity contribution in [1.82, 2.24) is 9.97 Å². The molecule has 31 heavy (non-hydrogen) atoms. The standard InChI is InChI=1S/C25H34N2O2S2/c1-13-12-16(30-19-17(28)14-8-10-24(19,6)22(14,2)3)27-21(26-13)31-20-18(29)15-9-11-25(20,7)23(15,4)5/h12,14-15,19-20H,8-11H2,1-7H3/t14-,15-,19+,20-,24-,25-/m0/s1. The highest BCUT2D eigenvalue weighted by molar-refractivity contribution is 8.01. The summed E-state index contributed by atoms with van der Waals surface area (Å²) in [5, 5.41) is 1.43. The predicted octanol–water partition coefficient (Wildman–Crippen LogP) is 5.76. The molecule has 0 unspecified atom stereocenters. The van der Waals surface area contributed by atoms with Crippen molar-refractivity contribution in [3.05, 3.63) is 11.8 Å². The second-order valence-corrected chi connectivity index (χ2v) is 14.1. The number of aryl methyl sites for hydroxylation is 1. The second kappa shape index (κ2) is 6.59. The third-order valence-corrected chi connectivity index (χ3v) is 13.0. The average molecular weight is 459 g/mol. The number of fused-ring (bicyclic) bond motifs is 4. The summed E-state index contributed by atoms with van der Waals surface area (Å²) in [6.07, 6.45) is 4.22. The molecule has 0 N–H and O–H groups in total. The molecule has 4 bridgehead atoms. The fourth-order valence-corrected chi connectivity index (χ4v) is 10.4. The van der Waals surface area contributed by atoms with Crippen LogP contribution in [0.1, 0.15) is 72.9 Å². The first-order valence-electron chi connectivity index (χ1n) is 11.6. The Balaban J connectivity index is 1.42. The molecule has 0 amide bonds. The summed E-state index contributed by atoms with van der Waals surface area (Å²) in [4.78, 5) is 35.9. The van der Waals surface area contributed by atoms with Crippen LogP contribution in [0.4, 0.5) is 0 Å². The number of rotatable bonds is 4. The van der Waals surface area contributed by atoms with E-state index in [1.54, 1.807) is 23.5 Å². The van der Waals surface area contributed by atoms with E-state index in [-0.39, 0.29) is 44.0 Å². The van der Waals surface area contributed by atoms with Gasteiger partial charge in [-0.1, -0.05) is 65.1 Å². The maximum atomic E-state index is 13.2. The number of thioether (sulfide) groups is 2. The van der Waals surface area contributed by atoms with Crippen LogP contribution in [0.15, 0.2) is 16.2 Å². The molecule has 0 aromatic carbocycles. The summed E-state index contributed by atoms with van der Waals surface area (Å²) in [6.45, 7) is 15.6. The number of Topliss-reactive ketones (excluding diaryl/α,β-unsaturated/α-hetero) is 2. The van der Waals surface area contributed by atoms with E-state index >= 15 is 0 Å². The Morgan fingerprint density at radius 1 is 0.806 bits per heavy atom. The van der Waals surface area contributed by atoms with Gasteiger partial charge in [-0.25, -0.2) is 9.97 Å². The molecule has 4 aliphatic rings. The van der Waals surface area contributed by atoms with Crippen LogP contribution in [-0.4, -0.2) is 32.0 Å². The van der Waals surface area contributed by atoms with Gasteiger partial charge in [-0.2, -0.15) is 0 Å². The Bertz CT molecular complexity index is 915. The SMILES string of the molecule is Cc1cc(S[C@@H]2C(=O)[C@@H]3CC[C@]2(C)C3(C)C)nc(S[C@H]2C(=O)[C@@H]3CC[C@]2(C)C3(C)C)n1. The molecule has 4 saturated carbocycles. The Morgan fingerprint density at radius 2 is 1.29 bits per heavy atom. The van der Waals surface area contributed by atoms with Gasteiger partial charge in [0.25, 0.3) is 0 Å². The normalized spacial score (nSPS) is 42.0. The van der Waals surface area contributed by atoms with Crippen LogP contribution >= 0.6 is 23.5 Å². The molecule has 0 spiro atoms. The number of ketones is 2. The van der Waals surface area contributed by atoms with Crippen molar-refractivity contribution in [2.75, 3.05) is 0 Å². The van der Waals surface area contributed by atoms with Crippen LogP contribution in [0.5, 0.6) is 0 Å². The first-order chi connectivity index (χ1) is 14.3. The minimum absolute atomic E-state index is 0.00362. The maximum Gasteiger partial charge on any atom is 0.189 e. The summed E-state index contributed by atoms with van der Waals surface area (Å²) in [5.74, 6) is 1.09. The molecule has 168 valence electrons. The van der Waals surface area contributed by atoms with E-state index in [0.717, 1.165) is 36.4 Å². The van der Waals surface area contributed by atoms with Gasteiger partial charge >= 0.3 is 0 Å². The molecule has 4 nitrogen and oxygen atoms in total. The number of hydrogen-bond acceptors (Lipinski definition) is 6. The molecule has 6 atom stereocenters. The third kappa shape index (κ3) is 2.70. The highest BCUT2D eigenvalue weighted by Crippen LogP contribution is 2.68. The molecule has 6 heteroatoms. The molecule has 4 aliphatic carbocycles. The van der Waals surface area contributed by atoms with E-state index in [1.165, 1.54) is 0 Å². The molecular weight excluding hydrogens is 424 g/mol. The molecule has 1 aromatic rings. The lowest BCUT2D eigenvalue weighted by Gasteiger charge is -2.37.